The first kappa shape index (κ1) is 12.3. The van der Waals surface area contributed by atoms with Crippen molar-refractivity contribution in [3.8, 4) is 11.5 Å². The van der Waals surface area contributed by atoms with Crippen molar-refractivity contribution in [3.05, 3.63) is 41.5 Å². The molecule has 0 fully saturated rings. The Bertz CT molecular complexity index is 916. The van der Waals surface area contributed by atoms with Gasteiger partial charge < -0.3 is 14.8 Å². The molecule has 3 heteroatoms. The lowest BCUT2D eigenvalue weighted by molar-refractivity contribution is 0.158. The molecule has 3 nitrogen and oxygen atoms in total. The number of phenolic OH excluding ortho intramolecular Hbond substituents is 1. The fourth-order valence-electron chi connectivity index (χ4n) is 3.05. The number of hydrogen-bond donors (Lipinski definition) is 2. The third-order valence-electron chi connectivity index (χ3n) is 4.07. The molecular formula is C18H17NO2. The topological polar surface area (TPSA) is 45.2 Å². The summed E-state index contributed by atoms with van der Waals surface area (Å²) in [6.07, 6.45) is 4.21. The van der Waals surface area contributed by atoms with Crippen molar-refractivity contribution in [3.63, 3.8) is 0 Å². The number of aromatic hydroxyl groups is 1. The number of hydrogen-bond acceptors (Lipinski definition) is 2. The first-order chi connectivity index (χ1) is 9.94. The fraction of sp³-hybridized carbons (Fsp3) is 0.222. The van der Waals surface area contributed by atoms with Gasteiger partial charge in [-0.25, -0.2) is 0 Å². The zero-order chi connectivity index (χ0) is 14.8. The molecule has 0 spiro atoms. The Kier molecular flexibility index (Phi) is 2.24. The average molecular weight is 279 g/mol. The Labute approximate surface area is 122 Å². The maximum Gasteiger partial charge on any atom is 0.132 e. The monoisotopic (exact) mass is 279 g/mol. The van der Waals surface area contributed by atoms with Crippen LogP contribution in [0.15, 0.2) is 30.3 Å². The Morgan fingerprint density at radius 3 is 2.76 bits per heavy atom. The van der Waals surface area contributed by atoms with Crippen molar-refractivity contribution in [1.29, 1.82) is 0 Å². The Morgan fingerprint density at radius 1 is 1.14 bits per heavy atom. The zero-order valence-electron chi connectivity index (χ0n) is 12.3. The molecule has 0 unspecified atom stereocenters. The fourth-order valence-corrected chi connectivity index (χ4v) is 3.05. The maximum absolute atomic E-state index is 9.66. The minimum absolute atomic E-state index is 0.271. The number of aromatic amines is 1. The molecule has 106 valence electrons. The van der Waals surface area contributed by atoms with Crippen LogP contribution in [0.4, 0.5) is 0 Å². The number of rotatable bonds is 0. The molecule has 1 aliphatic rings. The largest absolute Gasteiger partial charge is 0.508 e. The molecule has 2 heterocycles. The predicted molar refractivity (Wildman–Crippen MR) is 85.9 cm³/mol. The average Bonchev–Trinajstić information content (AvgIpc) is 2.75. The van der Waals surface area contributed by atoms with E-state index < -0.39 is 0 Å². The lowest BCUT2D eigenvalue weighted by Gasteiger charge is -2.29. The smallest absolute Gasteiger partial charge is 0.132 e. The quantitative estimate of drug-likeness (QED) is 0.635. The van der Waals surface area contributed by atoms with E-state index in [1.807, 2.05) is 6.07 Å². The van der Waals surface area contributed by atoms with Crippen molar-refractivity contribution in [2.75, 3.05) is 0 Å². The molecule has 3 aromatic rings. The summed E-state index contributed by atoms with van der Waals surface area (Å²) in [5, 5.41) is 11.9. The molecule has 4 rings (SSSR count). The van der Waals surface area contributed by atoms with E-state index in [1.54, 1.807) is 12.1 Å². The van der Waals surface area contributed by atoms with Crippen molar-refractivity contribution < 1.29 is 9.84 Å². The highest BCUT2D eigenvalue weighted by atomic mass is 16.5. The molecule has 0 radical (unpaired) electrons. The molecule has 21 heavy (non-hydrogen) atoms. The standard InChI is InChI=1S/C18H17NO2/c1-10-8-14-12-5-4-11(20)9-15(12)19-16(14)13-6-7-18(2,3)21-17(10)13/h4-9,19-20H,1-3H3. The molecule has 2 N–H and O–H groups in total. The number of aryl methyl sites for hydroxylation is 1. The normalized spacial score (nSPS) is 16.1. The van der Waals surface area contributed by atoms with Crippen LogP contribution >= 0.6 is 0 Å². The number of H-pyrrole nitrogens is 1. The molecule has 0 aliphatic carbocycles. The van der Waals surface area contributed by atoms with Crippen molar-refractivity contribution in [2.24, 2.45) is 0 Å². The van der Waals surface area contributed by atoms with Crippen molar-refractivity contribution >= 4 is 27.9 Å². The molecule has 1 aromatic heterocycles. The third-order valence-corrected chi connectivity index (χ3v) is 4.07. The van der Waals surface area contributed by atoms with Gasteiger partial charge in [0, 0.05) is 22.4 Å². The molecule has 2 aromatic carbocycles. The lowest BCUT2D eigenvalue weighted by atomic mass is 9.97. The van der Waals surface area contributed by atoms with Crippen LogP contribution in [0.5, 0.6) is 11.5 Å². The van der Waals surface area contributed by atoms with Crippen LogP contribution in [0, 0.1) is 6.92 Å². The van der Waals surface area contributed by atoms with Crippen LogP contribution in [0.1, 0.15) is 25.0 Å². The minimum atomic E-state index is -0.282. The molecule has 1 aliphatic heterocycles. The van der Waals surface area contributed by atoms with Crippen LogP contribution < -0.4 is 4.74 Å². The first-order valence-electron chi connectivity index (χ1n) is 7.11. The zero-order valence-corrected chi connectivity index (χ0v) is 12.3. The van der Waals surface area contributed by atoms with Crippen LogP contribution in [0.2, 0.25) is 0 Å². The van der Waals surface area contributed by atoms with Gasteiger partial charge >= 0.3 is 0 Å². The van der Waals surface area contributed by atoms with Crippen LogP contribution in [-0.4, -0.2) is 15.7 Å². The number of aromatic nitrogens is 1. The molecule has 0 saturated heterocycles. The summed E-state index contributed by atoms with van der Waals surface area (Å²) >= 11 is 0. The van der Waals surface area contributed by atoms with E-state index in [1.165, 1.54) is 0 Å². The highest BCUT2D eigenvalue weighted by molar-refractivity contribution is 6.11. The number of fused-ring (bicyclic) bond motifs is 5. The summed E-state index contributed by atoms with van der Waals surface area (Å²) in [5.41, 5.74) is 3.93. The van der Waals surface area contributed by atoms with E-state index in [0.717, 1.165) is 38.7 Å². The SMILES string of the molecule is Cc1cc2c([nH]c3cc(O)ccc32)c2c1OC(C)(C)C=C2. The van der Waals surface area contributed by atoms with Gasteiger partial charge in [-0.2, -0.15) is 0 Å². The molecular weight excluding hydrogens is 262 g/mol. The number of phenols is 1. The molecule has 0 bridgehead atoms. The van der Waals surface area contributed by atoms with Gasteiger partial charge in [0.15, 0.2) is 0 Å². The van der Waals surface area contributed by atoms with Gasteiger partial charge in [-0.05, 0) is 56.7 Å². The van der Waals surface area contributed by atoms with Gasteiger partial charge in [-0.3, -0.25) is 0 Å². The third kappa shape index (κ3) is 1.74. The summed E-state index contributed by atoms with van der Waals surface area (Å²) in [7, 11) is 0. The summed E-state index contributed by atoms with van der Waals surface area (Å²) in [5.74, 6) is 1.21. The minimum Gasteiger partial charge on any atom is -0.508 e. The van der Waals surface area contributed by atoms with Gasteiger partial charge in [0.05, 0.1) is 11.0 Å². The number of nitrogens with one attached hydrogen (secondary N) is 1. The summed E-state index contributed by atoms with van der Waals surface area (Å²) in [4.78, 5) is 3.41. The van der Waals surface area contributed by atoms with Crippen LogP contribution in [0.3, 0.4) is 0 Å². The Morgan fingerprint density at radius 2 is 1.95 bits per heavy atom. The van der Waals surface area contributed by atoms with Crippen molar-refractivity contribution in [1.82, 2.24) is 4.98 Å². The van der Waals surface area contributed by atoms with E-state index in [9.17, 15) is 5.11 Å². The highest BCUT2D eigenvalue weighted by Crippen LogP contribution is 2.41. The second kappa shape index (κ2) is 3.82. The number of benzene rings is 2. The van der Waals surface area contributed by atoms with E-state index in [4.69, 9.17) is 4.74 Å². The van der Waals surface area contributed by atoms with Gasteiger partial charge in [0.2, 0.25) is 0 Å². The van der Waals surface area contributed by atoms with E-state index in [2.05, 4.69) is 44.0 Å². The van der Waals surface area contributed by atoms with Gasteiger partial charge in [0.25, 0.3) is 0 Å². The van der Waals surface area contributed by atoms with Crippen molar-refractivity contribution in [2.45, 2.75) is 26.4 Å². The lowest BCUT2D eigenvalue weighted by Crippen LogP contribution is -2.28. The predicted octanol–water partition coefficient (Wildman–Crippen LogP) is 4.52. The first-order valence-corrected chi connectivity index (χ1v) is 7.11. The maximum atomic E-state index is 9.66. The second-order valence-corrected chi connectivity index (χ2v) is 6.25. The molecule has 0 saturated carbocycles. The van der Waals surface area contributed by atoms with Gasteiger partial charge in [0.1, 0.15) is 17.1 Å². The summed E-state index contributed by atoms with van der Waals surface area (Å²) in [6, 6.07) is 7.58. The van der Waals surface area contributed by atoms with Crippen LogP contribution in [-0.2, 0) is 0 Å². The Hall–Kier alpha value is -2.42. The van der Waals surface area contributed by atoms with E-state index in [-0.39, 0.29) is 11.4 Å². The number of ether oxygens (including phenoxy) is 1. The van der Waals surface area contributed by atoms with Crippen LogP contribution in [0.25, 0.3) is 27.9 Å². The van der Waals surface area contributed by atoms with Gasteiger partial charge in [-0.15, -0.1) is 0 Å². The van der Waals surface area contributed by atoms with E-state index >= 15 is 0 Å². The second-order valence-electron chi connectivity index (χ2n) is 6.25. The van der Waals surface area contributed by atoms with E-state index in [0.29, 0.717) is 0 Å². The molecule has 0 amide bonds. The Balaban J connectivity index is 2.12. The summed E-state index contributed by atoms with van der Waals surface area (Å²) in [6.45, 7) is 6.19. The summed E-state index contributed by atoms with van der Waals surface area (Å²) < 4.78 is 6.12. The molecule has 0 atom stereocenters. The van der Waals surface area contributed by atoms with Gasteiger partial charge in [-0.1, -0.05) is 0 Å². The highest BCUT2D eigenvalue weighted by Gasteiger charge is 2.25.